The molecule has 4 aromatic rings. The molecule has 0 atom stereocenters. The fourth-order valence-corrected chi connectivity index (χ4v) is 4.30. The van der Waals surface area contributed by atoms with Crippen LogP contribution in [0, 0.1) is 6.92 Å². The maximum Gasteiger partial charge on any atom is 0.271 e. The SMILES string of the molecule is CCc1cccc(C)c1NC(=O)c1ccc(-n2nc(Sc3ccc(Cl)cc3)ccc2=O)cc1. The third-order valence-electron chi connectivity index (χ3n) is 5.16. The first-order valence-corrected chi connectivity index (χ1v) is 11.7. The lowest BCUT2D eigenvalue weighted by Gasteiger charge is -2.13. The van der Waals surface area contributed by atoms with Crippen LogP contribution in [0.1, 0.15) is 28.4 Å². The van der Waals surface area contributed by atoms with E-state index in [1.807, 2.05) is 49.4 Å². The quantitative estimate of drug-likeness (QED) is 0.362. The Morgan fingerprint density at radius 3 is 2.42 bits per heavy atom. The largest absolute Gasteiger partial charge is 0.321 e. The molecule has 1 N–H and O–H groups in total. The molecule has 0 spiro atoms. The van der Waals surface area contributed by atoms with Crippen LogP contribution in [0.3, 0.4) is 0 Å². The number of carbonyl (C=O) groups excluding carboxylic acids is 1. The molecule has 1 aromatic heterocycles. The highest BCUT2D eigenvalue weighted by Gasteiger charge is 2.12. The average Bonchev–Trinajstić information content (AvgIpc) is 2.83. The van der Waals surface area contributed by atoms with E-state index in [0.29, 0.717) is 21.3 Å². The molecule has 0 saturated carbocycles. The van der Waals surface area contributed by atoms with E-state index in [1.54, 1.807) is 30.3 Å². The van der Waals surface area contributed by atoms with Crippen molar-refractivity contribution in [1.29, 1.82) is 0 Å². The molecule has 0 radical (unpaired) electrons. The van der Waals surface area contributed by atoms with E-state index >= 15 is 0 Å². The van der Waals surface area contributed by atoms with Crippen molar-refractivity contribution in [3.8, 4) is 5.69 Å². The molecule has 4 rings (SSSR count). The Labute approximate surface area is 201 Å². The summed E-state index contributed by atoms with van der Waals surface area (Å²) in [6.45, 7) is 4.04. The lowest BCUT2D eigenvalue weighted by atomic mass is 10.1. The summed E-state index contributed by atoms with van der Waals surface area (Å²) in [6.07, 6.45) is 0.829. The summed E-state index contributed by atoms with van der Waals surface area (Å²) in [5, 5.41) is 8.83. The Morgan fingerprint density at radius 2 is 1.73 bits per heavy atom. The number of hydrogen-bond donors (Lipinski definition) is 1. The molecule has 5 nitrogen and oxygen atoms in total. The van der Waals surface area contributed by atoms with E-state index in [0.717, 1.165) is 28.1 Å². The van der Waals surface area contributed by atoms with Gasteiger partial charge in [0.2, 0.25) is 0 Å². The number of nitrogens with one attached hydrogen (secondary N) is 1. The maximum atomic E-state index is 12.8. The van der Waals surface area contributed by atoms with E-state index < -0.39 is 0 Å². The molecule has 0 saturated heterocycles. The number of carbonyl (C=O) groups is 1. The zero-order chi connectivity index (χ0) is 23.4. The Morgan fingerprint density at radius 1 is 1.00 bits per heavy atom. The van der Waals surface area contributed by atoms with Crippen molar-refractivity contribution in [2.75, 3.05) is 5.32 Å². The number of rotatable bonds is 6. The standard InChI is InChI=1S/C26H22ClN3O2S/c1-3-18-6-4-5-17(2)25(18)28-26(32)19-7-11-21(12-8-19)30-24(31)16-15-23(29-30)33-22-13-9-20(27)10-14-22/h4-16H,3H2,1-2H3,(H,28,32). The Kier molecular flexibility index (Phi) is 6.96. The Bertz CT molecular complexity index is 1350. The highest BCUT2D eigenvalue weighted by atomic mass is 35.5. The fraction of sp³-hybridized carbons (Fsp3) is 0.115. The number of aromatic nitrogens is 2. The summed E-state index contributed by atoms with van der Waals surface area (Å²) in [7, 11) is 0. The molecular weight excluding hydrogens is 454 g/mol. The smallest absolute Gasteiger partial charge is 0.271 e. The molecule has 1 amide bonds. The summed E-state index contributed by atoms with van der Waals surface area (Å²) in [5.41, 5.74) is 3.79. The van der Waals surface area contributed by atoms with Crippen LogP contribution in [0.15, 0.2) is 93.6 Å². The third-order valence-corrected chi connectivity index (χ3v) is 6.35. The molecule has 7 heteroatoms. The number of anilines is 1. The van der Waals surface area contributed by atoms with Gasteiger partial charge in [-0.25, -0.2) is 0 Å². The van der Waals surface area contributed by atoms with Gasteiger partial charge in [0, 0.05) is 27.2 Å². The van der Waals surface area contributed by atoms with Crippen molar-refractivity contribution in [3.63, 3.8) is 0 Å². The summed E-state index contributed by atoms with van der Waals surface area (Å²) in [6, 6.07) is 23.4. The van der Waals surface area contributed by atoms with Gasteiger partial charge < -0.3 is 5.32 Å². The second-order valence-corrected chi connectivity index (χ2v) is 8.97. The minimum absolute atomic E-state index is 0.196. The third kappa shape index (κ3) is 5.35. The number of nitrogens with zero attached hydrogens (tertiary/aromatic N) is 2. The lowest BCUT2D eigenvalue weighted by molar-refractivity contribution is 0.102. The van der Waals surface area contributed by atoms with Gasteiger partial charge in [-0.3, -0.25) is 9.59 Å². The van der Waals surface area contributed by atoms with Crippen LogP contribution < -0.4 is 10.9 Å². The van der Waals surface area contributed by atoms with Crippen LogP contribution in [-0.2, 0) is 6.42 Å². The summed E-state index contributed by atoms with van der Waals surface area (Å²) in [4.78, 5) is 26.2. The van der Waals surface area contributed by atoms with Crippen molar-refractivity contribution in [2.24, 2.45) is 0 Å². The molecular formula is C26H22ClN3O2S. The molecule has 1 heterocycles. The fourth-order valence-electron chi connectivity index (χ4n) is 3.40. The van der Waals surface area contributed by atoms with Crippen LogP contribution in [0.2, 0.25) is 5.02 Å². The first kappa shape index (κ1) is 22.8. The number of halogens is 1. The van der Waals surface area contributed by atoms with Gasteiger partial charge in [-0.1, -0.05) is 48.5 Å². The molecule has 166 valence electrons. The maximum absolute atomic E-state index is 12.8. The van der Waals surface area contributed by atoms with E-state index in [2.05, 4.69) is 17.3 Å². The topological polar surface area (TPSA) is 64.0 Å². The van der Waals surface area contributed by atoms with Gasteiger partial charge in [0.15, 0.2) is 0 Å². The van der Waals surface area contributed by atoms with Crippen molar-refractivity contribution >= 4 is 35.0 Å². The molecule has 0 bridgehead atoms. The Hall–Kier alpha value is -3.35. The van der Waals surface area contributed by atoms with Crippen molar-refractivity contribution in [2.45, 2.75) is 30.2 Å². The highest BCUT2D eigenvalue weighted by Crippen LogP contribution is 2.27. The van der Waals surface area contributed by atoms with Crippen LogP contribution >= 0.6 is 23.4 Å². The van der Waals surface area contributed by atoms with Gasteiger partial charge in [0.1, 0.15) is 5.03 Å². The minimum Gasteiger partial charge on any atom is -0.321 e. The Balaban J connectivity index is 1.55. The first-order valence-electron chi connectivity index (χ1n) is 10.5. The average molecular weight is 476 g/mol. The molecule has 0 fully saturated rings. The molecule has 0 aliphatic rings. The predicted octanol–water partition coefficient (Wildman–Crippen LogP) is 6.16. The monoisotopic (exact) mass is 475 g/mol. The number of benzene rings is 3. The van der Waals surface area contributed by atoms with E-state index in [-0.39, 0.29) is 11.5 Å². The van der Waals surface area contributed by atoms with Gasteiger partial charge in [0.05, 0.1) is 5.69 Å². The number of aryl methyl sites for hydroxylation is 2. The minimum atomic E-state index is -0.250. The van der Waals surface area contributed by atoms with Crippen LogP contribution in [0.4, 0.5) is 5.69 Å². The number of amides is 1. The molecule has 0 unspecified atom stereocenters. The molecule has 0 aliphatic carbocycles. The summed E-state index contributed by atoms with van der Waals surface area (Å²) >= 11 is 7.38. The first-order chi connectivity index (χ1) is 15.9. The van der Waals surface area contributed by atoms with Crippen molar-refractivity contribution in [3.05, 3.63) is 111 Å². The number of hydrogen-bond acceptors (Lipinski definition) is 4. The van der Waals surface area contributed by atoms with E-state index in [9.17, 15) is 9.59 Å². The lowest BCUT2D eigenvalue weighted by Crippen LogP contribution is -2.20. The van der Waals surface area contributed by atoms with E-state index in [1.165, 1.54) is 22.5 Å². The second kappa shape index (κ2) is 10.1. The zero-order valence-electron chi connectivity index (χ0n) is 18.2. The van der Waals surface area contributed by atoms with Gasteiger partial charge in [-0.05, 0) is 79.1 Å². The zero-order valence-corrected chi connectivity index (χ0v) is 19.8. The molecule has 33 heavy (non-hydrogen) atoms. The summed E-state index contributed by atoms with van der Waals surface area (Å²) in [5.74, 6) is -0.196. The van der Waals surface area contributed by atoms with E-state index in [4.69, 9.17) is 11.6 Å². The van der Waals surface area contributed by atoms with Crippen LogP contribution in [0.25, 0.3) is 5.69 Å². The van der Waals surface area contributed by atoms with Gasteiger partial charge in [-0.2, -0.15) is 9.78 Å². The summed E-state index contributed by atoms with van der Waals surface area (Å²) < 4.78 is 1.33. The predicted molar refractivity (Wildman–Crippen MR) is 134 cm³/mol. The van der Waals surface area contributed by atoms with Crippen molar-refractivity contribution in [1.82, 2.24) is 9.78 Å². The number of para-hydroxylation sites is 1. The van der Waals surface area contributed by atoms with Crippen LogP contribution in [0.5, 0.6) is 0 Å². The van der Waals surface area contributed by atoms with Gasteiger partial charge in [0.25, 0.3) is 11.5 Å². The molecule has 0 aliphatic heterocycles. The highest BCUT2D eigenvalue weighted by molar-refractivity contribution is 7.99. The van der Waals surface area contributed by atoms with Gasteiger partial charge >= 0.3 is 0 Å². The second-order valence-electron chi connectivity index (χ2n) is 7.44. The van der Waals surface area contributed by atoms with Crippen molar-refractivity contribution < 1.29 is 4.79 Å². The van der Waals surface area contributed by atoms with Crippen LogP contribution in [-0.4, -0.2) is 15.7 Å². The van der Waals surface area contributed by atoms with Gasteiger partial charge in [-0.15, -0.1) is 0 Å². The molecule has 3 aromatic carbocycles. The normalized spacial score (nSPS) is 10.8.